The summed E-state index contributed by atoms with van der Waals surface area (Å²) in [6.07, 6.45) is 4.41. The zero-order valence-electron chi connectivity index (χ0n) is 18.2. The van der Waals surface area contributed by atoms with Gasteiger partial charge in [0.15, 0.2) is 11.7 Å². The van der Waals surface area contributed by atoms with E-state index in [1.54, 1.807) is 25.3 Å². The number of oxazole rings is 1. The van der Waals surface area contributed by atoms with Gasteiger partial charge in [-0.25, -0.2) is 9.37 Å². The summed E-state index contributed by atoms with van der Waals surface area (Å²) in [6.45, 7) is 2.52. The molecule has 1 aliphatic rings. The fourth-order valence-electron chi connectivity index (χ4n) is 4.16. The van der Waals surface area contributed by atoms with Gasteiger partial charge in [0.25, 0.3) is 0 Å². The van der Waals surface area contributed by atoms with Crippen molar-refractivity contribution in [2.45, 2.75) is 31.7 Å². The Morgan fingerprint density at radius 2 is 1.94 bits per heavy atom. The minimum absolute atomic E-state index is 0.0620. The number of methoxy groups -OCH3 is 1. The van der Waals surface area contributed by atoms with Crippen molar-refractivity contribution in [3.05, 3.63) is 72.0 Å². The fourth-order valence-corrected chi connectivity index (χ4v) is 4.16. The van der Waals surface area contributed by atoms with E-state index in [4.69, 9.17) is 9.15 Å². The van der Waals surface area contributed by atoms with E-state index in [0.29, 0.717) is 30.2 Å². The molecule has 2 aromatic carbocycles. The van der Waals surface area contributed by atoms with E-state index in [1.165, 1.54) is 12.3 Å². The van der Waals surface area contributed by atoms with Gasteiger partial charge in [-0.05, 0) is 44.1 Å². The van der Waals surface area contributed by atoms with Crippen LogP contribution < -0.4 is 10.1 Å². The summed E-state index contributed by atoms with van der Waals surface area (Å²) in [4.78, 5) is 19.2. The third kappa shape index (κ3) is 5.16. The van der Waals surface area contributed by atoms with Crippen LogP contribution in [0.3, 0.4) is 0 Å². The standard InChI is InChI=1S/C25H28FN3O3/c1-31-22-11-5-3-9-19(22)21(29-14-6-7-15-29)16-27-24(30)12-13-25-28-17-23(32-25)18-8-2-4-10-20(18)26/h2-5,8-11,17,21H,6-7,12-16H2,1H3,(H,27,30). The summed E-state index contributed by atoms with van der Waals surface area (Å²) in [7, 11) is 1.67. The number of aryl methyl sites for hydroxylation is 1. The number of nitrogens with zero attached hydrogens (tertiary/aromatic N) is 2. The molecule has 2 heterocycles. The fraction of sp³-hybridized carbons (Fsp3) is 0.360. The zero-order chi connectivity index (χ0) is 22.3. The maximum Gasteiger partial charge on any atom is 0.220 e. The number of nitrogens with one attached hydrogen (secondary N) is 1. The van der Waals surface area contributed by atoms with Crippen molar-refractivity contribution >= 4 is 5.91 Å². The predicted molar refractivity (Wildman–Crippen MR) is 120 cm³/mol. The molecule has 0 saturated carbocycles. The first-order valence-electron chi connectivity index (χ1n) is 11.0. The van der Waals surface area contributed by atoms with Gasteiger partial charge in [-0.15, -0.1) is 0 Å². The summed E-state index contributed by atoms with van der Waals surface area (Å²) in [6, 6.07) is 14.4. The number of ether oxygens (including phenoxy) is 1. The molecule has 7 heteroatoms. The number of para-hydroxylation sites is 1. The average Bonchev–Trinajstić information content (AvgIpc) is 3.51. The van der Waals surface area contributed by atoms with Crippen LogP contribution >= 0.6 is 0 Å². The minimum Gasteiger partial charge on any atom is -0.496 e. The first-order chi connectivity index (χ1) is 15.7. The van der Waals surface area contributed by atoms with Crippen LogP contribution in [0.5, 0.6) is 5.75 Å². The number of halogens is 1. The summed E-state index contributed by atoms with van der Waals surface area (Å²) < 4.78 is 25.1. The van der Waals surface area contributed by atoms with E-state index in [1.807, 2.05) is 18.2 Å². The highest BCUT2D eigenvalue weighted by Crippen LogP contribution is 2.31. The normalized spacial score (nSPS) is 14.9. The van der Waals surface area contributed by atoms with Gasteiger partial charge in [0.05, 0.1) is 24.9 Å². The lowest BCUT2D eigenvalue weighted by atomic mass is 10.0. The van der Waals surface area contributed by atoms with Crippen molar-refractivity contribution in [1.82, 2.24) is 15.2 Å². The number of benzene rings is 2. The van der Waals surface area contributed by atoms with Crippen LogP contribution in [-0.4, -0.2) is 42.5 Å². The van der Waals surface area contributed by atoms with Gasteiger partial charge in [0.2, 0.25) is 5.91 Å². The molecule has 1 N–H and O–H groups in total. The maximum atomic E-state index is 13.9. The Morgan fingerprint density at radius 1 is 1.19 bits per heavy atom. The number of carbonyl (C=O) groups is 1. The lowest BCUT2D eigenvalue weighted by Crippen LogP contribution is -2.37. The topological polar surface area (TPSA) is 67.6 Å². The Bertz CT molecular complexity index is 1050. The summed E-state index contributed by atoms with van der Waals surface area (Å²) >= 11 is 0. The number of hydrogen-bond donors (Lipinski definition) is 1. The van der Waals surface area contributed by atoms with Gasteiger partial charge in [-0.2, -0.15) is 0 Å². The molecule has 0 radical (unpaired) electrons. The SMILES string of the molecule is COc1ccccc1C(CNC(=O)CCc1ncc(-c2ccccc2F)o1)N1CCCC1. The molecule has 1 fully saturated rings. The highest BCUT2D eigenvalue weighted by atomic mass is 19.1. The lowest BCUT2D eigenvalue weighted by Gasteiger charge is -2.29. The molecule has 4 rings (SSSR count). The molecule has 1 aliphatic heterocycles. The highest BCUT2D eigenvalue weighted by molar-refractivity contribution is 5.76. The monoisotopic (exact) mass is 437 g/mol. The van der Waals surface area contributed by atoms with Crippen LogP contribution in [0.1, 0.15) is 36.8 Å². The van der Waals surface area contributed by atoms with Crippen molar-refractivity contribution in [2.24, 2.45) is 0 Å². The second kappa shape index (κ2) is 10.4. The van der Waals surface area contributed by atoms with Crippen LogP contribution in [0.4, 0.5) is 4.39 Å². The van der Waals surface area contributed by atoms with Gasteiger partial charge < -0.3 is 14.5 Å². The quantitative estimate of drug-likeness (QED) is 0.538. The molecular weight excluding hydrogens is 409 g/mol. The van der Waals surface area contributed by atoms with Crippen molar-refractivity contribution in [3.8, 4) is 17.1 Å². The minimum atomic E-state index is -0.364. The lowest BCUT2D eigenvalue weighted by molar-refractivity contribution is -0.121. The van der Waals surface area contributed by atoms with Crippen LogP contribution in [0.2, 0.25) is 0 Å². The Kier molecular flexibility index (Phi) is 7.17. The molecule has 1 saturated heterocycles. The van der Waals surface area contributed by atoms with Crippen LogP contribution in [0.15, 0.2) is 59.1 Å². The number of amides is 1. The Hall–Kier alpha value is -3.19. The van der Waals surface area contributed by atoms with Gasteiger partial charge in [0.1, 0.15) is 11.6 Å². The molecule has 6 nitrogen and oxygen atoms in total. The number of rotatable bonds is 9. The van der Waals surface area contributed by atoms with Gasteiger partial charge in [-0.1, -0.05) is 30.3 Å². The molecule has 32 heavy (non-hydrogen) atoms. The van der Waals surface area contributed by atoms with Crippen molar-refractivity contribution in [3.63, 3.8) is 0 Å². The smallest absolute Gasteiger partial charge is 0.220 e. The highest BCUT2D eigenvalue weighted by Gasteiger charge is 2.26. The van der Waals surface area contributed by atoms with Gasteiger partial charge in [-0.3, -0.25) is 9.69 Å². The van der Waals surface area contributed by atoms with Crippen molar-refractivity contribution < 1.29 is 18.3 Å². The van der Waals surface area contributed by atoms with E-state index in [2.05, 4.69) is 21.3 Å². The number of carbonyl (C=O) groups excluding carboxylic acids is 1. The zero-order valence-corrected chi connectivity index (χ0v) is 18.2. The molecule has 0 aliphatic carbocycles. The van der Waals surface area contributed by atoms with E-state index < -0.39 is 0 Å². The molecule has 0 bridgehead atoms. The first kappa shape index (κ1) is 22.0. The summed E-state index contributed by atoms with van der Waals surface area (Å²) in [5.74, 6) is 1.18. The Morgan fingerprint density at radius 3 is 2.72 bits per heavy atom. The van der Waals surface area contributed by atoms with E-state index in [-0.39, 0.29) is 24.2 Å². The summed E-state index contributed by atoms with van der Waals surface area (Å²) in [5.41, 5.74) is 1.44. The number of hydrogen-bond acceptors (Lipinski definition) is 5. The second-order valence-electron chi connectivity index (χ2n) is 7.90. The number of aromatic nitrogens is 1. The predicted octanol–water partition coefficient (Wildman–Crippen LogP) is 4.38. The average molecular weight is 438 g/mol. The molecule has 1 unspecified atom stereocenters. The number of likely N-dealkylation sites (tertiary alicyclic amines) is 1. The maximum absolute atomic E-state index is 13.9. The molecule has 1 atom stereocenters. The Labute approximate surface area is 187 Å². The van der Waals surface area contributed by atoms with E-state index >= 15 is 0 Å². The third-order valence-electron chi connectivity index (χ3n) is 5.83. The molecule has 168 valence electrons. The summed E-state index contributed by atoms with van der Waals surface area (Å²) in [5, 5.41) is 3.06. The van der Waals surface area contributed by atoms with Crippen molar-refractivity contribution in [1.29, 1.82) is 0 Å². The first-order valence-corrected chi connectivity index (χ1v) is 11.0. The largest absolute Gasteiger partial charge is 0.496 e. The van der Waals surface area contributed by atoms with Crippen LogP contribution in [0.25, 0.3) is 11.3 Å². The van der Waals surface area contributed by atoms with Crippen LogP contribution in [-0.2, 0) is 11.2 Å². The van der Waals surface area contributed by atoms with Crippen LogP contribution in [0, 0.1) is 5.82 Å². The van der Waals surface area contributed by atoms with E-state index in [0.717, 1.165) is 37.2 Å². The van der Waals surface area contributed by atoms with Gasteiger partial charge in [0, 0.05) is 24.9 Å². The van der Waals surface area contributed by atoms with Gasteiger partial charge >= 0.3 is 0 Å². The van der Waals surface area contributed by atoms with Crippen molar-refractivity contribution in [2.75, 3.05) is 26.7 Å². The molecule has 1 amide bonds. The third-order valence-corrected chi connectivity index (χ3v) is 5.83. The second-order valence-corrected chi connectivity index (χ2v) is 7.90. The molecule has 0 spiro atoms. The molecule has 3 aromatic rings. The van der Waals surface area contributed by atoms with E-state index in [9.17, 15) is 9.18 Å². The molecule has 1 aromatic heterocycles. The molecular formula is C25H28FN3O3. The Balaban J connectivity index is 1.35.